The SMILES string of the molecule is C=CCn1c(/C(=N/OC)C(=O)O)cs/c1=N\N=c1/scc(/C(=N/OC)C(=O)O)n1CC=C. The number of thiazole rings is 2. The quantitative estimate of drug-likeness (QED) is 0.279. The number of oxime groups is 2. The van der Waals surface area contributed by atoms with Gasteiger partial charge in [-0.05, 0) is 0 Å². The van der Waals surface area contributed by atoms with Gasteiger partial charge in [0.25, 0.3) is 0 Å². The van der Waals surface area contributed by atoms with Crippen molar-refractivity contribution in [1.82, 2.24) is 9.13 Å². The summed E-state index contributed by atoms with van der Waals surface area (Å²) in [6.45, 7) is 7.85. The first-order valence-electron chi connectivity index (χ1n) is 8.75. The van der Waals surface area contributed by atoms with E-state index in [-0.39, 0.29) is 35.9 Å². The number of aliphatic carboxylic acids is 2. The van der Waals surface area contributed by atoms with Crippen LogP contribution in [0.1, 0.15) is 11.4 Å². The van der Waals surface area contributed by atoms with E-state index in [0.29, 0.717) is 9.60 Å². The van der Waals surface area contributed by atoms with E-state index in [1.54, 1.807) is 32.0 Å². The predicted octanol–water partition coefficient (Wildman–Crippen LogP) is 1.07. The number of carboxylic acid groups (broad SMARTS) is 2. The molecule has 170 valence electrons. The number of carboxylic acids is 2. The summed E-state index contributed by atoms with van der Waals surface area (Å²) in [7, 11) is 2.50. The smallest absolute Gasteiger partial charge is 0.360 e. The molecule has 0 saturated carbocycles. The Morgan fingerprint density at radius 1 is 0.906 bits per heavy atom. The average molecular weight is 481 g/mol. The molecule has 2 heterocycles. The van der Waals surface area contributed by atoms with Crippen LogP contribution in [0.5, 0.6) is 0 Å². The van der Waals surface area contributed by atoms with Crippen molar-refractivity contribution in [3.63, 3.8) is 0 Å². The van der Waals surface area contributed by atoms with E-state index in [1.165, 1.54) is 14.2 Å². The maximum atomic E-state index is 11.5. The summed E-state index contributed by atoms with van der Waals surface area (Å²) in [6.07, 6.45) is 3.14. The van der Waals surface area contributed by atoms with Crippen LogP contribution in [0.25, 0.3) is 0 Å². The molecule has 0 bridgehead atoms. The fraction of sp³-hybridized carbons (Fsp3) is 0.222. The molecule has 0 aliphatic heterocycles. The number of allylic oxidation sites excluding steroid dienone is 2. The molecule has 0 aliphatic rings. The van der Waals surface area contributed by atoms with E-state index >= 15 is 0 Å². The Labute approximate surface area is 189 Å². The summed E-state index contributed by atoms with van der Waals surface area (Å²) < 4.78 is 3.13. The summed E-state index contributed by atoms with van der Waals surface area (Å²) in [6, 6.07) is 0. The average Bonchev–Trinajstić information content (AvgIpc) is 3.33. The zero-order valence-corrected chi connectivity index (χ0v) is 18.8. The molecule has 0 aromatic carbocycles. The molecule has 0 atom stereocenters. The van der Waals surface area contributed by atoms with Gasteiger partial charge in [-0.2, -0.15) is 0 Å². The molecule has 0 saturated heterocycles. The molecule has 14 heteroatoms. The van der Waals surface area contributed by atoms with Gasteiger partial charge in [0, 0.05) is 23.8 Å². The minimum Gasteiger partial charge on any atom is -0.476 e. The number of hydrogen-bond acceptors (Lipinski definition) is 10. The predicted molar refractivity (Wildman–Crippen MR) is 119 cm³/mol. The lowest BCUT2D eigenvalue weighted by molar-refractivity contribution is -0.130. The van der Waals surface area contributed by atoms with E-state index in [9.17, 15) is 19.8 Å². The molecule has 12 nitrogen and oxygen atoms in total. The number of nitrogens with zero attached hydrogens (tertiary/aromatic N) is 6. The van der Waals surface area contributed by atoms with Crippen molar-refractivity contribution in [2.24, 2.45) is 20.5 Å². The number of aromatic nitrogens is 2. The summed E-state index contributed by atoms with van der Waals surface area (Å²) in [5.74, 6) is -2.53. The molecular weight excluding hydrogens is 460 g/mol. The van der Waals surface area contributed by atoms with E-state index in [4.69, 9.17) is 0 Å². The standard InChI is InChI=1S/C18H20N6O6S2/c1-5-7-23-11(13(15(25)26)21-29-3)9-31-17(23)19-20-18-24(8-6-2)12(10-32-18)14(16(27)28)22-30-4/h5-6,9-10H,1-2,7-8H2,3-4H3,(H,25,26)(H,27,28)/b19-17-,20-18-,21-13-,22-14-. The van der Waals surface area contributed by atoms with Gasteiger partial charge >= 0.3 is 11.9 Å². The van der Waals surface area contributed by atoms with Gasteiger partial charge in [0.15, 0.2) is 0 Å². The zero-order chi connectivity index (χ0) is 23.7. The Hall–Kier alpha value is -3.78. The molecule has 2 aromatic rings. The van der Waals surface area contributed by atoms with E-state index in [1.807, 2.05) is 0 Å². The van der Waals surface area contributed by atoms with Crippen LogP contribution in [-0.4, -0.2) is 56.9 Å². The van der Waals surface area contributed by atoms with Crippen molar-refractivity contribution in [3.8, 4) is 0 Å². The lowest BCUT2D eigenvalue weighted by Gasteiger charge is -2.05. The molecule has 0 aliphatic carbocycles. The van der Waals surface area contributed by atoms with Crippen molar-refractivity contribution < 1.29 is 29.5 Å². The molecule has 2 rings (SSSR count). The van der Waals surface area contributed by atoms with Crippen molar-refractivity contribution in [1.29, 1.82) is 0 Å². The molecule has 32 heavy (non-hydrogen) atoms. The Balaban J connectivity index is 2.70. The molecule has 0 spiro atoms. The summed E-state index contributed by atoms with van der Waals surface area (Å²) >= 11 is 2.29. The van der Waals surface area contributed by atoms with Gasteiger partial charge in [0.1, 0.15) is 14.2 Å². The maximum Gasteiger partial charge on any atom is 0.360 e. The third-order valence-electron chi connectivity index (χ3n) is 3.70. The molecule has 0 radical (unpaired) electrons. The second-order valence-corrected chi connectivity index (χ2v) is 7.33. The van der Waals surface area contributed by atoms with Gasteiger partial charge in [0.05, 0.1) is 11.4 Å². The summed E-state index contributed by atoms with van der Waals surface area (Å²) in [4.78, 5) is 33.1. The van der Waals surface area contributed by atoms with Crippen molar-refractivity contribution in [2.75, 3.05) is 14.2 Å². The monoisotopic (exact) mass is 480 g/mol. The van der Waals surface area contributed by atoms with Crippen molar-refractivity contribution in [2.45, 2.75) is 13.1 Å². The Bertz CT molecular complexity index is 1120. The topological polar surface area (TPSA) is 152 Å². The highest BCUT2D eigenvalue weighted by atomic mass is 32.1. The van der Waals surface area contributed by atoms with Gasteiger partial charge in [-0.1, -0.05) is 22.5 Å². The highest BCUT2D eigenvalue weighted by molar-refractivity contribution is 7.07. The fourth-order valence-corrected chi connectivity index (χ4v) is 4.16. The third kappa shape index (κ3) is 5.47. The van der Waals surface area contributed by atoms with Crippen LogP contribution in [0.3, 0.4) is 0 Å². The molecule has 0 fully saturated rings. The first-order chi connectivity index (χ1) is 15.4. The van der Waals surface area contributed by atoms with Crippen LogP contribution in [0, 0.1) is 0 Å². The maximum absolute atomic E-state index is 11.5. The molecule has 0 unspecified atom stereocenters. The van der Waals surface area contributed by atoms with E-state index in [0.717, 1.165) is 22.7 Å². The highest BCUT2D eigenvalue weighted by Gasteiger charge is 2.20. The van der Waals surface area contributed by atoms with Crippen LogP contribution < -0.4 is 9.60 Å². The van der Waals surface area contributed by atoms with Crippen LogP contribution in [0.4, 0.5) is 0 Å². The van der Waals surface area contributed by atoms with Crippen LogP contribution in [0.15, 0.2) is 56.6 Å². The first-order valence-corrected chi connectivity index (χ1v) is 10.5. The number of carbonyl (C=O) groups is 2. The number of hydrogen-bond donors (Lipinski definition) is 2. The summed E-state index contributed by atoms with van der Waals surface area (Å²) in [5, 5.41) is 37.6. The lowest BCUT2D eigenvalue weighted by atomic mass is 10.3. The third-order valence-corrected chi connectivity index (χ3v) is 5.40. The fourth-order valence-electron chi connectivity index (χ4n) is 2.47. The first kappa shape index (κ1) is 24.5. The highest BCUT2D eigenvalue weighted by Crippen LogP contribution is 2.08. The van der Waals surface area contributed by atoms with Gasteiger partial charge in [0.2, 0.25) is 21.0 Å². The normalized spacial score (nSPS) is 13.2. The van der Waals surface area contributed by atoms with Gasteiger partial charge < -0.3 is 29.0 Å². The second-order valence-electron chi connectivity index (χ2n) is 5.66. The molecular formula is C18H20N6O6S2. The molecule has 2 N–H and O–H groups in total. The van der Waals surface area contributed by atoms with Gasteiger partial charge in [-0.15, -0.1) is 46.0 Å². The number of rotatable bonds is 11. The van der Waals surface area contributed by atoms with Crippen LogP contribution in [0.2, 0.25) is 0 Å². The van der Waals surface area contributed by atoms with Gasteiger partial charge in [-0.3, -0.25) is 0 Å². The largest absolute Gasteiger partial charge is 0.476 e. The van der Waals surface area contributed by atoms with Crippen LogP contribution >= 0.6 is 22.7 Å². The second kappa shape index (κ2) is 11.6. The Morgan fingerprint density at radius 3 is 1.56 bits per heavy atom. The minimum absolute atomic E-state index is 0.245. The van der Waals surface area contributed by atoms with E-state index < -0.39 is 11.9 Å². The lowest BCUT2D eigenvalue weighted by Crippen LogP contribution is -2.25. The minimum atomic E-state index is -1.27. The Kier molecular flexibility index (Phi) is 8.85. The van der Waals surface area contributed by atoms with Gasteiger partial charge in [-0.25, -0.2) is 9.59 Å². The Morgan fingerprint density at radius 2 is 1.28 bits per heavy atom. The molecule has 0 amide bonds. The van der Waals surface area contributed by atoms with Crippen molar-refractivity contribution >= 4 is 46.0 Å². The summed E-state index contributed by atoms with van der Waals surface area (Å²) in [5.41, 5.74) is -0.0584. The van der Waals surface area contributed by atoms with Crippen molar-refractivity contribution in [3.05, 3.63) is 57.1 Å². The molecule has 2 aromatic heterocycles. The zero-order valence-electron chi connectivity index (χ0n) is 17.2. The van der Waals surface area contributed by atoms with Crippen LogP contribution in [-0.2, 0) is 32.4 Å². The van der Waals surface area contributed by atoms with E-state index in [2.05, 4.69) is 43.3 Å².